The molecule has 3 N–H and O–H groups in total. The van der Waals surface area contributed by atoms with E-state index in [-0.39, 0.29) is 12.6 Å². The molecule has 0 radical (unpaired) electrons. The van der Waals surface area contributed by atoms with Crippen molar-refractivity contribution in [1.29, 1.82) is 0 Å². The molecular formula is C16H28N4O2. The first-order valence-electron chi connectivity index (χ1n) is 7.44. The Bertz CT molecular complexity index is 463. The molecule has 0 aliphatic carbocycles. The average Bonchev–Trinajstić information content (AvgIpc) is 2.42. The van der Waals surface area contributed by atoms with Crippen molar-refractivity contribution in [2.75, 3.05) is 41.3 Å². The molecule has 0 saturated carbocycles. The monoisotopic (exact) mass is 308 g/mol. The van der Waals surface area contributed by atoms with Gasteiger partial charge in [-0.1, -0.05) is 24.3 Å². The molecule has 1 atom stereocenters. The van der Waals surface area contributed by atoms with Crippen LogP contribution < -0.4 is 10.6 Å². The molecule has 1 rings (SSSR count). The van der Waals surface area contributed by atoms with Crippen LogP contribution in [0.1, 0.15) is 11.1 Å². The third-order valence-corrected chi connectivity index (χ3v) is 3.02. The summed E-state index contributed by atoms with van der Waals surface area (Å²) in [5.41, 5.74) is 2.27. The third kappa shape index (κ3) is 7.97. The summed E-state index contributed by atoms with van der Waals surface area (Å²) >= 11 is 0. The van der Waals surface area contributed by atoms with Crippen LogP contribution in [0.25, 0.3) is 0 Å². The minimum atomic E-state index is -0.566. The van der Waals surface area contributed by atoms with E-state index in [4.69, 9.17) is 0 Å². The van der Waals surface area contributed by atoms with Crippen molar-refractivity contribution in [2.24, 2.45) is 0 Å². The van der Waals surface area contributed by atoms with Gasteiger partial charge in [0.15, 0.2) is 0 Å². The maximum absolute atomic E-state index is 11.7. The number of hydrogen-bond acceptors (Lipinski definition) is 4. The number of carbonyl (C=O) groups excluding carboxylic acids is 1. The molecule has 6 nitrogen and oxygen atoms in total. The first kappa shape index (κ1) is 18.4. The summed E-state index contributed by atoms with van der Waals surface area (Å²) in [5, 5.41) is 15.2. The van der Waals surface area contributed by atoms with Crippen molar-refractivity contribution in [1.82, 2.24) is 20.4 Å². The number of rotatable bonds is 8. The first-order valence-corrected chi connectivity index (χ1v) is 7.44. The van der Waals surface area contributed by atoms with Gasteiger partial charge in [-0.05, 0) is 39.3 Å². The SMILES string of the molecule is CN(C)Cc1cccc(CNC(=O)NC[C@H](O)CN(C)C)c1. The zero-order valence-corrected chi connectivity index (χ0v) is 14.0. The Hall–Kier alpha value is -1.63. The van der Waals surface area contributed by atoms with Crippen LogP contribution in [0.3, 0.4) is 0 Å². The molecule has 0 aromatic heterocycles. The Labute approximate surface area is 133 Å². The van der Waals surface area contributed by atoms with Gasteiger partial charge in [-0.25, -0.2) is 4.79 Å². The summed E-state index contributed by atoms with van der Waals surface area (Å²) in [7, 11) is 7.81. The van der Waals surface area contributed by atoms with Gasteiger partial charge in [-0.3, -0.25) is 0 Å². The molecule has 1 aromatic carbocycles. The van der Waals surface area contributed by atoms with Gasteiger partial charge < -0.3 is 25.5 Å². The predicted molar refractivity (Wildman–Crippen MR) is 88.6 cm³/mol. The topological polar surface area (TPSA) is 67.8 Å². The van der Waals surface area contributed by atoms with E-state index in [0.29, 0.717) is 13.1 Å². The molecule has 1 aromatic rings. The summed E-state index contributed by atoms with van der Waals surface area (Å²) in [6.07, 6.45) is -0.566. The summed E-state index contributed by atoms with van der Waals surface area (Å²) in [5.74, 6) is 0. The van der Waals surface area contributed by atoms with Gasteiger partial charge in [0.2, 0.25) is 0 Å². The highest BCUT2D eigenvalue weighted by atomic mass is 16.3. The van der Waals surface area contributed by atoms with Crippen molar-refractivity contribution in [3.8, 4) is 0 Å². The molecule has 6 heteroatoms. The summed E-state index contributed by atoms with van der Waals surface area (Å²) in [6.45, 7) is 2.10. The Balaban J connectivity index is 2.34. The molecule has 0 fully saturated rings. The molecular weight excluding hydrogens is 280 g/mol. The lowest BCUT2D eigenvalue weighted by Gasteiger charge is -2.16. The van der Waals surface area contributed by atoms with Gasteiger partial charge in [-0.15, -0.1) is 0 Å². The van der Waals surface area contributed by atoms with E-state index in [2.05, 4.69) is 27.7 Å². The van der Waals surface area contributed by atoms with Crippen LogP contribution in [0, 0.1) is 0 Å². The van der Waals surface area contributed by atoms with Crippen molar-refractivity contribution in [2.45, 2.75) is 19.2 Å². The van der Waals surface area contributed by atoms with Crippen molar-refractivity contribution in [3.05, 3.63) is 35.4 Å². The van der Waals surface area contributed by atoms with Crippen LogP contribution in [0.2, 0.25) is 0 Å². The molecule has 0 spiro atoms. The fourth-order valence-corrected chi connectivity index (χ4v) is 2.14. The number of aliphatic hydroxyl groups is 1. The average molecular weight is 308 g/mol. The van der Waals surface area contributed by atoms with E-state index >= 15 is 0 Å². The smallest absolute Gasteiger partial charge is 0.315 e. The lowest BCUT2D eigenvalue weighted by atomic mass is 10.1. The number of nitrogens with one attached hydrogen (secondary N) is 2. The normalized spacial score (nSPS) is 12.5. The number of nitrogens with zero attached hydrogens (tertiary/aromatic N) is 2. The van der Waals surface area contributed by atoms with Gasteiger partial charge in [-0.2, -0.15) is 0 Å². The standard InChI is InChI=1S/C16H28N4O2/c1-19(2)11-14-7-5-6-13(8-14)9-17-16(22)18-10-15(21)12-20(3)4/h5-8,15,21H,9-12H2,1-4H3,(H2,17,18,22)/t15-/m0/s1. The maximum atomic E-state index is 11.7. The summed E-state index contributed by atoms with van der Waals surface area (Å²) < 4.78 is 0. The molecule has 0 saturated heterocycles. The number of carbonyl (C=O) groups is 1. The molecule has 22 heavy (non-hydrogen) atoms. The van der Waals surface area contributed by atoms with Crippen LogP contribution in [0.5, 0.6) is 0 Å². The molecule has 0 bridgehead atoms. The quantitative estimate of drug-likeness (QED) is 0.653. The first-order chi connectivity index (χ1) is 10.4. The minimum absolute atomic E-state index is 0.241. The lowest BCUT2D eigenvalue weighted by Crippen LogP contribution is -2.42. The Morgan fingerprint density at radius 1 is 1.14 bits per heavy atom. The number of likely N-dealkylation sites (N-methyl/N-ethyl adjacent to an activating group) is 1. The van der Waals surface area contributed by atoms with Crippen LogP contribution in [0.15, 0.2) is 24.3 Å². The highest BCUT2D eigenvalue weighted by Crippen LogP contribution is 2.06. The second-order valence-corrected chi connectivity index (χ2v) is 6.04. The van der Waals surface area contributed by atoms with E-state index in [0.717, 1.165) is 12.1 Å². The largest absolute Gasteiger partial charge is 0.390 e. The predicted octanol–water partition coefficient (Wildman–Crippen LogP) is 0.470. The summed E-state index contributed by atoms with van der Waals surface area (Å²) in [6, 6.07) is 7.87. The van der Waals surface area contributed by atoms with Crippen molar-refractivity contribution < 1.29 is 9.90 Å². The molecule has 0 heterocycles. The molecule has 0 unspecified atom stereocenters. The lowest BCUT2D eigenvalue weighted by molar-refractivity contribution is 0.135. The molecule has 0 aliphatic heterocycles. The van der Waals surface area contributed by atoms with E-state index in [1.807, 2.05) is 45.2 Å². The van der Waals surface area contributed by atoms with E-state index in [9.17, 15) is 9.90 Å². The van der Waals surface area contributed by atoms with Crippen LogP contribution in [-0.4, -0.2) is 68.3 Å². The van der Waals surface area contributed by atoms with Gasteiger partial charge in [0, 0.05) is 26.2 Å². The number of amides is 2. The van der Waals surface area contributed by atoms with Gasteiger partial charge in [0.25, 0.3) is 0 Å². The highest BCUT2D eigenvalue weighted by molar-refractivity contribution is 5.73. The molecule has 124 valence electrons. The third-order valence-electron chi connectivity index (χ3n) is 3.02. The van der Waals surface area contributed by atoms with E-state index < -0.39 is 6.10 Å². The van der Waals surface area contributed by atoms with Crippen molar-refractivity contribution in [3.63, 3.8) is 0 Å². The molecule has 2 amide bonds. The zero-order chi connectivity index (χ0) is 16.5. The Kier molecular flexibility index (Phi) is 7.87. The van der Waals surface area contributed by atoms with Crippen molar-refractivity contribution >= 4 is 6.03 Å². The maximum Gasteiger partial charge on any atom is 0.315 e. The minimum Gasteiger partial charge on any atom is -0.390 e. The van der Waals surface area contributed by atoms with E-state index in [1.54, 1.807) is 0 Å². The van der Waals surface area contributed by atoms with Crippen LogP contribution in [-0.2, 0) is 13.1 Å². The zero-order valence-electron chi connectivity index (χ0n) is 14.0. The number of hydrogen-bond donors (Lipinski definition) is 3. The summed E-state index contributed by atoms with van der Waals surface area (Å²) in [4.78, 5) is 15.7. The Morgan fingerprint density at radius 3 is 2.45 bits per heavy atom. The van der Waals surface area contributed by atoms with Crippen LogP contribution >= 0.6 is 0 Å². The van der Waals surface area contributed by atoms with Crippen LogP contribution in [0.4, 0.5) is 4.79 Å². The second kappa shape index (κ2) is 9.40. The van der Waals surface area contributed by atoms with Gasteiger partial charge in [0.05, 0.1) is 6.10 Å². The van der Waals surface area contributed by atoms with E-state index in [1.165, 1.54) is 5.56 Å². The molecule has 0 aliphatic rings. The number of benzene rings is 1. The fourth-order valence-electron chi connectivity index (χ4n) is 2.14. The fraction of sp³-hybridized carbons (Fsp3) is 0.562. The number of urea groups is 1. The second-order valence-electron chi connectivity index (χ2n) is 6.04. The highest BCUT2D eigenvalue weighted by Gasteiger charge is 2.07. The van der Waals surface area contributed by atoms with Gasteiger partial charge in [0.1, 0.15) is 0 Å². The van der Waals surface area contributed by atoms with Gasteiger partial charge >= 0.3 is 6.03 Å². The number of aliphatic hydroxyl groups excluding tert-OH is 1. The Morgan fingerprint density at radius 2 is 1.82 bits per heavy atom.